The van der Waals surface area contributed by atoms with Crippen molar-refractivity contribution in [2.75, 3.05) is 0 Å². The molecule has 2 bridgehead atoms. The Morgan fingerprint density at radius 1 is 1.40 bits per heavy atom. The molecule has 0 aromatic heterocycles. The average Bonchev–Trinajstić information content (AvgIpc) is 2.91. The Balaban J connectivity index is 1.67. The molecule has 0 aromatic rings. The van der Waals surface area contributed by atoms with Crippen LogP contribution in [0.5, 0.6) is 0 Å². The van der Waals surface area contributed by atoms with Gasteiger partial charge in [0.05, 0.1) is 11.3 Å². The number of rotatable bonds is 4. The molecule has 2 aliphatic carbocycles. The van der Waals surface area contributed by atoms with E-state index < -0.39 is 5.41 Å². The van der Waals surface area contributed by atoms with Crippen LogP contribution in [0.4, 0.5) is 0 Å². The van der Waals surface area contributed by atoms with Crippen molar-refractivity contribution < 1.29 is 19.1 Å². The van der Waals surface area contributed by atoms with Crippen molar-refractivity contribution >= 4 is 11.9 Å². The van der Waals surface area contributed by atoms with Gasteiger partial charge >= 0.3 is 11.9 Å². The van der Waals surface area contributed by atoms with Crippen molar-refractivity contribution in [1.82, 2.24) is 0 Å². The first kappa shape index (κ1) is 13.9. The van der Waals surface area contributed by atoms with Gasteiger partial charge in [0, 0.05) is 11.8 Å². The minimum absolute atomic E-state index is 0.0728. The average molecular weight is 280 g/mol. The lowest BCUT2D eigenvalue weighted by Gasteiger charge is -2.30. The van der Waals surface area contributed by atoms with Crippen LogP contribution in [0.1, 0.15) is 47.0 Å². The van der Waals surface area contributed by atoms with Gasteiger partial charge in [0.1, 0.15) is 12.2 Å². The summed E-state index contributed by atoms with van der Waals surface area (Å²) >= 11 is 0. The third-order valence-electron chi connectivity index (χ3n) is 5.13. The van der Waals surface area contributed by atoms with E-state index in [0.29, 0.717) is 17.8 Å². The minimum Gasteiger partial charge on any atom is -0.458 e. The Labute approximate surface area is 120 Å². The highest BCUT2D eigenvalue weighted by molar-refractivity contribution is 5.78. The zero-order valence-electron chi connectivity index (χ0n) is 12.7. The maximum absolute atomic E-state index is 12.4. The summed E-state index contributed by atoms with van der Waals surface area (Å²) in [6.45, 7) is 8.09. The lowest BCUT2D eigenvalue weighted by Crippen LogP contribution is -2.40. The van der Waals surface area contributed by atoms with E-state index in [-0.39, 0.29) is 30.1 Å². The van der Waals surface area contributed by atoms with Crippen molar-refractivity contribution in [1.29, 1.82) is 0 Å². The van der Waals surface area contributed by atoms with E-state index in [4.69, 9.17) is 9.47 Å². The van der Waals surface area contributed by atoms with Crippen LogP contribution in [-0.4, -0.2) is 24.1 Å². The van der Waals surface area contributed by atoms with Crippen molar-refractivity contribution in [2.24, 2.45) is 29.1 Å². The molecule has 4 heteroatoms. The van der Waals surface area contributed by atoms with Crippen molar-refractivity contribution in [3.05, 3.63) is 0 Å². The molecule has 1 saturated heterocycles. The predicted octanol–water partition coefficient (Wildman–Crippen LogP) is 2.55. The van der Waals surface area contributed by atoms with Crippen LogP contribution in [0, 0.1) is 29.1 Å². The molecule has 0 N–H and O–H groups in total. The molecule has 2 saturated carbocycles. The Bertz CT molecular complexity index is 440. The topological polar surface area (TPSA) is 52.6 Å². The van der Waals surface area contributed by atoms with E-state index in [1.165, 1.54) is 0 Å². The molecule has 5 unspecified atom stereocenters. The molecule has 0 spiro atoms. The zero-order chi connectivity index (χ0) is 14.7. The smallest absolute Gasteiger partial charge is 0.311 e. The second kappa shape index (κ2) is 4.47. The van der Waals surface area contributed by atoms with Crippen LogP contribution in [0.3, 0.4) is 0 Å². The Morgan fingerprint density at radius 3 is 2.75 bits per heavy atom. The van der Waals surface area contributed by atoms with Crippen molar-refractivity contribution in [3.8, 4) is 0 Å². The molecule has 0 amide bonds. The van der Waals surface area contributed by atoms with Gasteiger partial charge in [-0.2, -0.15) is 0 Å². The maximum atomic E-state index is 12.4. The van der Waals surface area contributed by atoms with E-state index in [0.717, 1.165) is 19.3 Å². The number of esters is 2. The molecule has 1 aliphatic heterocycles. The first-order valence-corrected chi connectivity index (χ1v) is 7.71. The highest BCUT2D eigenvalue weighted by Gasteiger charge is 2.63. The quantitative estimate of drug-likeness (QED) is 0.743. The van der Waals surface area contributed by atoms with Gasteiger partial charge in [-0.1, -0.05) is 13.8 Å². The van der Waals surface area contributed by atoms with Gasteiger partial charge in [0.15, 0.2) is 0 Å². The highest BCUT2D eigenvalue weighted by atomic mass is 16.6. The summed E-state index contributed by atoms with van der Waals surface area (Å²) < 4.78 is 11.2. The summed E-state index contributed by atoms with van der Waals surface area (Å²) in [4.78, 5) is 24.1. The second-order valence-electron chi connectivity index (χ2n) is 7.76. The fourth-order valence-electron chi connectivity index (χ4n) is 4.45. The SMILES string of the molecule is CC(C)CC(C)(C)C(=O)OC1C2CC3C(=O)OC1C3C2. The highest BCUT2D eigenvalue weighted by Crippen LogP contribution is 2.55. The Hall–Kier alpha value is -1.06. The molecule has 3 aliphatic rings. The van der Waals surface area contributed by atoms with Crippen LogP contribution >= 0.6 is 0 Å². The van der Waals surface area contributed by atoms with Crippen LogP contribution in [0.25, 0.3) is 0 Å². The monoisotopic (exact) mass is 280 g/mol. The summed E-state index contributed by atoms with van der Waals surface area (Å²) in [7, 11) is 0. The number of hydrogen-bond acceptors (Lipinski definition) is 4. The van der Waals surface area contributed by atoms with Crippen LogP contribution < -0.4 is 0 Å². The molecular weight excluding hydrogens is 256 g/mol. The minimum atomic E-state index is -0.474. The molecule has 20 heavy (non-hydrogen) atoms. The first-order chi connectivity index (χ1) is 9.29. The normalized spacial score (nSPS) is 38.5. The zero-order valence-corrected chi connectivity index (χ0v) is 12.7. The number of carbonyl (C=O) groups excluding carboxylic acids is 2. The van der Waals surface area contributed by atoms with Crippen LogP contribution in [0.2, 0.25) is 0 Å². The van der Waals surface area contributed by atoms with Crippen LogP contribution in [0.15, 0.2) is 0 Å². The van der Waals surface area contributed by atoms with Gasteiger partial charge in [0.2, 0.25) is 0 Å². The second-order valence-corrected chi connectivity index (χ2v) is 7.76. The molecule has 3 rings (SSSR count). The molecule has 0 aromatic carbocycles. The van der Waals surface area contributed by atoms with Crippen molar-refractivity contribution in [3.63, 3.8) is 0 Å². The van der Waals surface area contributed by atoms with Crippen molar-refractivity contribution in [2.45, 2.75) is 59.2 Å². The van der Waals surface area contributed by atoms with E-state index >= 15 is 0 Å². The maximum Gasteiger partial charge on any atom is 0.311 e. The summed E-state index contributed by atoms with van der Waals surface area (Å²) in [5, 5.41) is 0. The van der Waals surface area contributed by atoms with Gasteiger partial charge in [0.25, 0.3) is 0 Å². The first-order valence-electron chi connectivity index (χ1n) is 7.71. The molecule has 1 heterocycles. The molecule has 4 nitrogen and oxygen atoms in total. The molecule has 0 radical (unpaired) electrons. The van der Waals surface area contributed by atoms with Gasteiger partial charge < -0.3 is 9.47 Å². The van der Waals surface area contributed by atoms with Gasteiger partial charge in [-0.3, -0.25) is 9.59 Å². The predicted molar refractivity (Wildman–Crippen MR) is 72.7 cm³/mol. The fraction of sp³-hybridized carbons (Fsp3) is 0.875. The Morgan fingerprint density at radius 2 is 2.10 bits per heavy atom. The molecular formula is C16H24O4. The third kappa shape index (κ3) is 2.04. The fourth-order valence-corrected chi connectivity index (χ4v) is 4.45. The van der Waals surface area contributed by atoms with Gasteiger partial charge in [-0.05, 0) is 39.0 Å². The standard InChI is InChI=1S/C16H24O4/c1-8(2)7-16(3,4)15(18)20-12-9-5-10-11(6-9)14(17)19-13(10)12/h8-13H,5-7H2,1-4H3. The van der Waals surface area contributed by atoms with E-state index in [1.807, 2.05) is 13.8 Å². The lowest BCUT2D eigenvalue weighted by molar-refractivity contribution is -0.171. The number of carbonyl (C=O) groups is 2. The molecule has 5 atom stereocenters. The third-order valence-corrected chi connectivity index (χ3v) is 5.13. The van der Waals surface area contributed by atoms with Gasteiger partial charge in [-0.25, -0.2) is 0 Å². The van der Waals surface area contributed by atoms with Gasteiger partial charge in [-0.15, -0.1) is 0 Å². The largest absolute Gasteiger partial charge is 0.458 e. The summed E-state index contributed by atoms with van der Waals surface area (Å²) in [5.74, 6) is 0.902. The molecule has 112 valence electrons. The number of hydrogen-bond donors (Lipinski definition) is 0. The summed E-state index contributed by atoms with van der Waals surface area (Å²) in [5.41, 5.74) is -0.474. The van der Waals surface area contributed by atoms with E-state index in [2.05, 4.69) is 13.8 Å². The number of ether oxygens (including phenoxy) is 2. The van der Waals surface area contributed by atoms with E-state index in [1.54, 1.807) is 0 Å². The lowest BCUT2D eigenvalue weighted by atomic mass is 9.83. The summed E-state index contributed by atoms with van der Waals surface area (Å²) in [6, 6.07) is 0. The molecule has 3 fully saturated rings. The number of fused-ring (bicyclic) bond motifs is 1. The van der Waals surface area contributed by atoms with E-state index in [9.17, 15) is 9.59 Å². The summed E-state index contributed by atoms with van der Waals surface area (Å²) in [6.07, 6.45) is 2.23. The van der Waals surface area contributed by atoms with Crippen LogP contribution in [-0.2, 0) is 19.1 Å². The Kier molecular flexibility index (Phi) is 3.11.